The largest absolute Gasteiger partial charge is 0.344 e. The zero-order valence-corrected chi connectivity index (χ0v) is 22.5. The smallest absolute Gasteiger partial charge is 0.295 e. The summed E-state index contributed by atoms with van der Waals surface area (Å²) in [4.78, 5) is 31.8. The van der Waals surface area contributed by atoms with Crippen LogP contribution >= 0.6 is 11.6 Å². The van der Waals surface area contributed by atoms with Gasteiger partial charge in [0.05, 0.1) is 16.9 Å². The third-order valence-electron chi connectivity index (χ3n) is 6.66. The van der Waals surface area contributed by atoms with E-state index in [2.05, 4.69) is 19.3 Å². The highest BCUT2D eigenvalue weighted by atomic mass is 35.5. The van der Waals surface area contributed by atoms with Gasteiger partial charge in [-0.3, -0.25) is 20.0 Å². The first-order valence-electron chi connectivity index (χ1n) is 12.9. The Morgan fingerprint density at radius 2 is 1.68 bits per heavy atom. The zero-order valence-electron chi connectivity index (χ0n) is 21.8. The lowest BCUT2D eigenvalue weighted by molar-refractivity contribution is 0.0968. The third-order valence-corrected chi connectivity index (χ3v) is 6.89. The predicted octanol–water partition coefficient (Wildman–Crippen LogP) is 7.80. The van der Waals surface area contributed by atoms with Crippen molar-refractivity contribution >= 4 is 51.4 Å². The number of amides is 3. The van der Waals surface area contributed by atoms with Crippen molar-refractivity contribution in [3.63, 3.8) is 0 Å². The molecule has 0 bridgehead atoms. The molecule has 0 radical (unpaired) electrons. The minimum atomic E-state index is -0.512. The fourth-order valence-corrected chi connectivity index (χ4v) is 5.19. The van der Waals surface area contributed by atoms with Crippen molar-refractivity contribution in [3.05, 3.63) is 102 Å². The van der Waals surface area contributed by atoms with Gasteiger partial charge < -0.3 is 0 Å². The van der Waals surface area contributed by atoms with Gasteiger partial charge in [-0.2, -0.15) is 0 Å². The van der Waals surface area contributed by atoms with Crippen molar-refractivity contribution in [2.75, 3.05) is 21.8 Å². The quantitative estimate of drug-likeness (QED) is 0.261. The Labute approximate surface area is 228 Å². The predicted molar refractivity (Wildman–Crippen MR) is 156 cm³/mol. The molecule has 0 aromatic heterocycles. The van der Waals surface area contributed by atoms with E-state index in [-0.39, 0.29) is 17.9 Å². The van der Waals surface area contributed by atoms with E-state index in [0.29, 0.717) is 34.9 Å². The molecule has 4 aromatic carbocycles. The summed E-state index contributed by atoms with van der Waals surface area (Å²) in [5, 5.41) is 4.32. The van der Waals surface area contributed by atoms with Crippen LogP contribution in [-0.4, -0.2) is 29.7 Å². The van der Waals surface area contributed by atoms with Gasteiger partial charge in [0.1, 0.15) is 6.17 Å². The summed E-state index contributed by atoms with van der Waals surface area (Å²) in [6.45, 7) is 6.58. The summed E-state index contributed by atoms with van der Waals surface area (Å²) in [6.07, 6.45) is 0.0348. The number of carbonyl (C=O) groups excluding carboxylic acids is 2. The number of para-hydroxylation sites is 1. The third kappa shape index (κ3) is 4.92. The highest BCUT2D eigenvalue weighted by Crippen LogP contribution is 2.37. The van der Waals surface area contributed by atoms with Gasteiger partial charge in [-0.25, -0.2) is 9.80 Å². The fraction of sp³-hybridized carbons (Fsp3) is 0.226. The highest BCUT2D eigenvalue weighted by molar-refractivity contribution is 6.30. The molecule has 5 rings (SSSR count). The molecule has 6 nitrogen and oxygen atoms in total. The average Bonchev–Trinajstić information content (AvgIpc) is 2.91. The molecule has 0 saturated heterocycles. The molecule has 1 aliphatic heterocycles. The van der Waals surface area contributed by atoms with E-state index in [1.807, 2.05) is 79.7 Å². The van der Waals surface area contributed by atoms with Crippen molar-refractivity contribution in [1.29, 1.82) is 0 Å². The Bertz CT molecular complexity index is 1490. The van der Waals surface area contributed by atoms with E-state index in [9.17, 15) is 9.59 Å². The normalized spacial score (nSPS) is 15.1. The highest BCUT2D eigenvalue weighted by Gasteiger charge is 2.42. The second kappa shape index (κ2) is 10.8. The van der Waals surface area contributed by atoms with E-state index in [1.165, 1.54) is 0 Å². The van der Waals surface area contributed by atoms with Crippen LogP contribution in [0.25, 0.3) is 10.8 Å². The van der Waals surface area contributed by atoms with Gasteiger partial charge in [-0.15, -0.1) is 0 Å². The van der Waals surface area contributed by atoms with E-state index in [1.54, 1.807) is 33.0 Å². The molecule has 1 aliphatic rings. The number of benzene rings is 4. The number of rotatable bonds is 6. The number of nitrogens with one attached hydrogen (secondary N) is 1. The van der Waals surface area contributed by atoms with Gasteiger partial charge in [0.25, 0.3) is 5.91 Å². The van der Waals surface area contributed by atoms with E-state index in [0.717, 1.165) is 16.5 Å². The maximum absolute atomic E-state index is 14.4. The first kappa shape index (κ1) is 25.6. The molecule has 0 spiro atoms. The van der Waals surface area contributed by atoms with Crippen LogP contribution in [0, 0.1) is 5.92 Å². The number of fused-ring (bicyclic) bond motifs is 2. The van der Waals surface area contributed by atoms with Gasteiger partial charge in [-0.1, -0.05) is 80.9 Å². The molecule has 0 saturated carbocycles. The molecular weight excluding hydrogens is 496 g/mol. The number of anilines is 3. The lowest BCUT2D eigenvalue weighted by atomic mass is 10.0. The van der Waals surface area contributed by atoms with Crippen LogP contribution in [0.15, 0.2) is 91.0 Å². The van der Waals surface area contributed by atoms with Crippen LogP contribution in [0.2, 0.25) is 5.02 Å². The van der Waals surface area contributed by atoms with Crippen molar-refractivity contribution in [2.45, 2.75) is 33.4 Å². The summed E-state index contributed by atoms with van der Waals surface area (Å²) in [5.74, 6) is 0.0777. The minimum Gasteiger partial charge on any atom is -0.295 e. The van der Waals surface area contributed by atoms with Crippen LogP contribution < -0.4 is 15.2 Å². The molecule has 7 heteroatoms. The second-order valence-corrected chi connectivity index (χ2v) is 10.3. The number of urea groups is 1. The topological polar surface area (TPSA) is 55.9 Å². The Kier molecular flexibility index (Phi) is 7.25. The maximum atomic E-state index is 14.4. The SMILES string of the molecule is CCC1N(c2ccc3ccccc3c2)C(=O)c2ccccc2N1C(=O)N(CC(C)C)Nc1cccc(Cl)c1. The van der Waals surface area contributed by atoms with Gasteiger partial charge in [0.15, 0.2) is 0 Å². The van der Waals surface area contributed by atoms with Crippen LogP contribution in [0.1, 0.15) is 37.6 Å². The minimum absolute atomic E-state index is 0.120. The molecule has 194 valence electrons. The van der Waals surface area contributed by atoms with E-state index >= 15 is 0 Å². The lowest BCUT2D eigenvalue weighted by Gasteiger charge is -2.45. The first-order chi connectivity index (χ1) is 18.4. The number of hydrogen-bond donors (Lipinski definition) is 1. The average molecular weight is 527 g/mol. The van der Waals surface area contributed by atoms with Crippen LogP contribution in [0.5, 0.6) is 0 Å². The molecule has 1 atom stereocenters. The zero-order chi connectivity index (χ0) is 26.8. The van der Waals surface area contributed by atoms with Crippen LogP contribution in [-0.2, 0) is 0 Å². The Morgan fingerprint density at radius 1 is 0.947 bits per heavy atom. The van der Waals surface area contributed by atoms with Gasteiger partial charge in [0, 0.05) is 17.3 Å². The van der Waals surface area contributed by atoms with Crippen LogP contribution in [0.3, 0.4) is 0 Å². The number of hydrazine groups is 1. The van der Waals surface area contributed by atoms with Gasteiger partial charge >= 0.3 is 6.03 Å². The van der Waals surface area contributed by atoms with Crippen molar-refractivity contribution in [1.82, 2.24) is 5.01 Å². The van der Waals surface area contributed by atoms with Crippen molar-refractivity contribution < 1.29 is 9.59 Å². The summed E-state index contributed by atoms with van der Waals surface area (Å²) >= 11 is 6.22. The summed E-state index contributed by atoms with van der Waals surface area (Å²) in [6, 6.07) is 28.4. The molecule has 1 N–H and O–H groups in total. The lowest BCUT2D eigenvalue weighted by Crippen LogP contribution is -2.61. The number of hydrogen-bond acceptors (Lipinski definition) is 3. The molecule has 1 heterocycles. The number of halogens is 1. The maximum Gasteiger partial charge on any atom is 0.344 e. The molecule has 1 unspecified atom stereocenters. The first-order valence-corrected chi connectivity index (χ1v) is 13.3. The van der Waals surface area contributed by atoms with Crippen molar-refractivity contribution in [3.8, 4) is 0 Å². The Morgan fingerprint density at radius 3 is 2.42 bits per heavy atom. The molecule has 3 amide bonds. The summed E-state index contributed by atoms with van der Waals surface area (Å²) < 4.78 is 0. The van der Waals surface area contributed by atoms with Gasteiger partial charge in [-0.05, 0) is 65.6 Å². The molecule has 0 fully saturated rings. The molecule has 0 aliphatic carbocycles. The van der Waals surface area contributed by atoms with Crippen LogP contribution in [0.4, 0.5) is 21.9 Å². The summed E-state index contributed by atoms with van der Waals surface area (Å²) in [5.41, 5.74) is 5.83. The monoisotopic (exact) mass is 526 g/mol. The molecule has 38 heavy (non-hydrogen) atoms. The standard InChI is InChI=1S/C31H31ClN4O2/c1-4-29-35(26-17-16-22-10-5-6-11-23(22)18-26)30(37)27-14-7-8-15-28(27)36(29)31(38)34(20-21(2)3)33-25-13-9-12-24(32)19-25/h5-19,21,29,33H,4,20H2,1-3H3. The second-order valence-electron chi connectivity index (χ2n) is 9.89. The Balaban J connectivity index is 1.60. The number of nitrogens with zero attached hydrogens (tertiary/aromatic N) is 3. The van der Waals surface area contributed by atoms with Gasteiger partial charge in [0.2, 0.25) is 0 Å². The summed E-state index contributed by atoms with van der Waals surface area (Å²) in [7, 11) is 0. The van der Waals surface area contributed by atoms with E-state index in [4.69, 9.17) is 11.6 Å². The molecular formula is C31H31ClN4O2. The fourth-order valence-electron chi connectivity index (χ4n) is 5.00. The van der Waals surface area contributed by atoms with Crippen molar-refractivity contribution in [2.24, 2.45) is 5.92 Å². The number of carbonyl (C=O) groups is 2. The Hall–Kier alpha value is -4.03. The molecule has 4 aromatic rings. The van der Waals surface area contributed by atoms with E-state index < -0.39 is 6.17 Å².